The summed E-state index contributed by atoms with van der Waals surface area (Å²) >= 11 is 7.65. The molecule has 1 heterocycles. The highest BCUT2D eigenvalue weighted by Gasteiger charge is 2.26. The van der Waals surface area contributed by atoms with Crippen LogP contribution in [0.15, 0.2) is 30.5 Å². The number of nitrogens with zero attached hydrogens (tertiary/aromatic N) is 1. The Morgan fingerprint density at radius 2 is 2.05 bits per heavy atom. The van der Waals surface area contributed by atoms with E-state index in [1.165, 1.54) is 11.3 Å². The maximum atomic E-state index is 12.4. The van der Waals surface area contributed by atoms with Gasteiger partial charge in [-0.3, -0.25) is 0 Å². The molecule has 0 spiro atoms. The van der Waals surface area contributed by atoms with E-state index in [0.717, 1.165) is 10.4 Å². The van der Waals surface area contributed by atoms with Gasteiger partial charge in [0.15, 0.2) is 5.13 Å². The lowest BCUT2D eigenvalue weighted by molar-refractivity contribution is 0.625. The van der Waals surface area contributed by atoms with Crippen LogP contribution >= 0.6 is 22.9 Å². The molecule has 0 amide bonds. The number of hydrogen-bond donors (Lipinski definition) is 2. The summed E-state index contributed by atoms with van der Waals surface area (Å²) in [5, 5.41) is 1.10. The zero-order valence-electron chi connectivity index (χ0n) is 12.1. The Balaban J connectivity index is 2.41. The van der Waals surface area contributed by atoms with Crippen LogP contribution in [0.5, 0.6) is 0 Å². The molecule has 4 nitrogen and oxygen atoms in total. The van der Waals surface area contributed by atoms with Crippen LogP contribution in [0.25, 0.3) is 0 Å². The lowest BCUT2D eigenvalue weighted by Gasteiger charge is -2.24. The molecule has 2 rings (SSSR count). The number of nitrogens with two attached hydrogens (primary N) is 1. The molecule has 2 atom stereocenters. The van der Waals surface area contributed by atoms with Gasteiger partial charge < -0.3 is 5.73 Å². The number of halogens is 1. The average molecular weight is 344 g/mol. The number of nitrogens with one attached hydrogen (secondary N) is 1. The van der Waals surface area contributed by atoms with E-state index in [1.54, 1.807) is 6.20 Å². The molecule has 1 aromatic heterocycles. The van der Waals surface area contributed by atoms with Crippen LogP contribution in [0.3, 0.4) is 0 Å². The van der Waals surface area contributed by atoms with E-state index >= 15 is 0 Å². The zero-order valence-corrected chi connectivity index (χ0v) is 14.5. The molecule has 21 heavy (non-hydrogen) atoms. The summed E-state index contributed by atoms with van der Waals surface area (Å²) in [5.74, 6) is 0. The number of rotatable bonds is 4. The van der Waals surface area contributed by atoms with Crippen LogP contribution in [-0.4, -0.2) is 13.9 Å². The third kappa shape index (κ3) is 4.03. The molecule has 7 heteroatoms. The fourth-order valence-corrected chi connectivity index (χ4v) is 3.60. The summed E-state index contributed by atoms with van der Waals surface area (Å²) in [6.07, 6.45) is 1.70. The van der Waals surface area contributed by atoms with E-state index < -0.39 is 11.0 Å². The van der Waals surface area contributed by atoms with Gasteiger partial charge in [0.25, 0.3) is 0 Å². The van der Waals surface area contributed by atoms with Gasteiger partial charge in [0.2, 0.25) is 0 Å². The average Bonchev–Trinajstić information content (AvgIpc) is 2.82. The first-order valence-electron chi connectivity index (χ1n) is 6.42. The van der Waals surface area contributed by atoms with Crippen LogP contribution in [0.1, 0.15) is 37.3 Å². The number of anilines is 1. The number of hydrogen-bond acceptors (Lipinski definition) is 4. The molecule has 0 radical (unpaired) electrons. The molecule has 2 aromatic rings. The molecular formula is C14H18ClN3OS2. The van der Waals surface area contributed by atoms with E-state index in [2.05, 4.69) is 9.71 Å². The Morgan fingerprint density at radius 3 is 2.57 bits per heavy atom. The Kier molecular flexibility index (Phi) is 5.03. The Bertz CT molecular complexity index is 652. The molecule has 0 bridgehead atoms. The molecular weight excluding hydrogens is 326 g/mol. The lowest BCUT2D eigenvalue weighted by atomic mass is 10.1. The van der Waals surface area contributed by atoms with E-state index in [0.29, 0.717) is 10.2 Å². The van der Waals surface area contributed by atoms with Crippen LogP contribution < -0.4 is 10.5 Å². The fourth-order valence-electron chi connectivity index (χ4n) is 1.70. The van der Waals surface area contributed by atoms with E-state index in [1.807, 2.05) is 45.0 Å². The van der Waals surface area contributed by atoms with E-state index in [9.17, 15) is 4.21 Å². The van der Waals surface area contributed by atoms with Crippen molar-refractivity contribution in [2.45, 2.75) is 31.6 Å². The maximum absolute atomic E-state index is 12.4. The molecule has 114 valence electrons. The van der Waals surface area contributed by atoms with Gasteiger partial charge in [-0.1, -0.05) is 29.8 Å². The zero-order chi connectivity index (χ0) is 15.6. The SMILES string of the molecule is CC(C)(C)[S@](=O)N[C@H](c1cnc(N)s1)c1ccccc1Cl. The molecule has 0 unspecified atom stereocenters. The predicted molar refractivity (Wildman–Crippen MR) is 90.9 cm³/mol. The lowest BCUT2D eigenvalue weighted by Crippen LogP contribution is -2.36. The predicted octanol–water partition coefficient (Wildman–Crippen LogP) is 3.52. The number of benzene rings is 1. The molecule has 1 aromatic carbocycles. The highest BCUT2D eigenvalue weighted by atomic mass is 35.5. The number of aromatic nitrogens is 1. The topological polar surface area (TPSA) is 68.0 Å². The first-order chi connectivity index (χ1) is 9.79. The minimum Gasteiger partial charge on any atom is -0.375 e. The Hall–Kier alpha value is -0.950. The number of nitrogen functional groups attached to an aromatic ring is 1. The summed E-state index contributed by atoms with van der Waals surface area (Å²) in [7, 11) is -1.24. The fraction of sp³-hybridized carbons (Fsp3) is 0.357. The van der Waals surface area contributed by atoms with Gasteiger partial charge in [-0.2, -0.15) is 0 Å². The van der Waals surface area contributed by atoms with Crippen LogP contribution in [-0.2, 0) is 11.0 Å². The molecule has 0 aliphatic heterocycles. The first kappa shape index (κ1) is 16.4. The van der Waals surface area contributed by atoms with Crippen molar-refractivity contribution in [3.8, 4) is 0 Å². The van der Waals surface area contributed by atoms with Crippen molar-refractivity contribution in [1.29, 1.82) is 0 Å². The van der Waals surface area contributed by atoms with Gasteiger partial charge in [-0.25, -0.2) is 13.9 Å². The first-order valence-corrected chi connectivity index (χ1v) is 8.77. The van der Waals surface area contributed by atoms with Crippen molar-refractivity contribution in [2.24, 2.45) is 0 Å². The van der Waals surface area contributed by atoms with Gasteiger partial charge in [0.05, 0.1) is 21.8 Å². The smallest absolute Gasteiger partial charge is 0.180 e. The second-order valence-corrected chi connectivity index (χ2v) is 9.05. The summed E-state index contributed by atoms with van der Waals surface area (Å²) < 4.78 is 15.2. The van der Waals surface area contributed by atoms with E-state index in [4.69, 9.17) is 17.3 Å². The summed E-state index contributed by atoms with van der Waals surface area (Å²) in [5.41, 5.74) is 6.58. The third-order valence-electron chi connectivity index (χ3n) is 2.82. The molecule has 0 fully saturated rings. The van der Waals surface area contributed by atoms with E-state index in [-0.39, 0.29) is 10.8 Å². The minimum atomic E-state index is -1.24. The molecule has 3 N–H and O–H groups in total. The minimum absolute atomic E-state index is 0.298. The largest absolute Gasteiger partial charge is 0.375 e. The second-order valence-electron chi connectivity index (χ2n) is 5.55. The maximum Gasteiger partial charge on any atom is 0.180 e. The van der Waals surface area contributed by atoms with Gasteiger partial charge in [0, 0.05) is 16.1 Å². The summed E-state index contributed by atoms with van der Waals surface area (Å²) in [6, 6.07) is 7.20. The van der Waals surface area contributed by atoms with Crippen molar-refractivity contribution in [3.05, 3.63) is 45.9 Å². The third-order valence-corrected chi connectivity index (χ3v) is 5.62. The molecule has 0 saturated carbocycles. The molecule has 0 aliphatic rings. The van der Waals surface area contributed by atoms with Crippen molar-refractivity contribution in [3.63, 3.8) is 0 Å². The summed E-state index contributed by atoms with van der Waals surface area (Å²) in [4.78, 5) is 4.96. The van der Waals surface area contributed by atoms with Crippen LogP contribution in [0, 0.1) is 0 Å². The Labute approximate surface area is 136 Å². The van der Waals surface area contributed by atoms with Crippen molar-refractivity contribution in [2.75, 3.05) is 5.73 Å². The van der Waals surface area contributed by atoms with Crippen LogP contribution in [0.4, 0.5) is 5.13 Å². The summed E-state index contributed by atoms with van der Waals surface area (Å²) in [6.45, 7) is 5.75. The van der Waals surface area contributed by atoms with Crippen LogP contribution in [0.2, 0.25) is 5.02 Å². The van der Waals surface area contributed by atoms with Gasteiger partial charge in [-0.05, 0) is 32.4 Å². The Morgan fingerprint density at radius 1 is 1.38 bits per heavy atom. The van der Waals surface area contributed by atoms with Gasteiger partial charge >= 0.3 is 0 Å². The van der Waals surface area contributed by atoms with Gasteiger partial charge in [-0.15, -0.1) is 11.3 Å². The highest BCUT2D eigenvalue weighted by Crippen LogP contribution is 2.33. The second kappa shape index (κ2) is 6.44. The highest BCUT2D eigenvalue weighted by molar-refractivity contribution is 7.84. The quantitative estimate of drug-likeness (QED) is 0.892. The van der Waals surface area contributed by atoms with Crippen molar-refractivity contribution in [1.82, 2.24) is 9.71 Å². The monoisotopic (exact) mass is 343 g/mol. The molecule has 0 saturated heterocycles. The molecule has 0 aliphatic carbocycles. The van der Waals surface area contributed by atoms with Gasteiger partial charge in [0.1, 0.15) is 0 Å². The van der Waals surface area contributed by atoms with Crippen molar-refractivity contribution < 1.29 is 4.21 Å². The standard InChI is InChI=1S/C14H18ClN3OS2/c1-14(2,3)21(19)18-12(11-8-17-13(16)20-11)9-6-4-5-7-10(9)15/h4-8,12,18H,1-3H3,(H2,16,17)/t12-,21-/m0/s1. The number of thiazole rings is 1. The normalized spacial score (nSPS) is 14.9. The van der Waals surface area contributed by atoms with Crippen molar-refractivity contribution >= 4 is 39.1 Å².